The number of ether oxygens (including phenoxy) is 2. The number of aliphatic hydroxyl groups excluding tert-OH is 1. The second kappa shape index (κ2) is 7.46. The van der Waals surface area contributed by atoms with Crippen molar-refractivity contribution < 1.29 is 14.6 Å². The maximum Gasteiger partial charge on any atom is 0.184 e. The minimum atomic E-state index is -0.0514. The molecule has 0 aromatic heterocycles. The molecule has 0 unspecified atom stereocenters. The van der Waals surface area contributed by atoms with E-state index in [-0.39, 0.29) is 18.3 Å². The van der Waals surface area contributed by atoms with Crippen molar-refractivity contribution in [3.63, 3.8) is 0 Å². The van der Waals surface area contributed by atoms with Gasteiger partial charge in [0.25, 0.3) is 0 Å². The maximum atomic E-state index is 8.69. The number of hydrogen-bond acceptors (Lipinski definition) is 5. The molecule has 7 heteroatoms. The van der Waals surface area contributed by atoms with Crippen LogP contribution in [-0.2, 0) is 0 Å². The van der Waals surface area contributed by atoms with Crippen molar-refractivity contribution in [1.82, 2.24) is 5.43 Å². The van der Waals surface area contributed by atoms with Crippen molar-refractivity contribution in [3.05, 3.63) is 23.8 Å². The van der Waals surface area contributed by atoms with E-state index in [0.717, 1.165) is 5.56 Å². The van der Waals surface area contributed by atoms with E-state index in [2.05, 4.69) is 22.7 Å². The van der Waals surface area contributed by atoms with Crippen LogP contribution in [0.4, 0.5) is 0 Å². The predicted molar refractivity (Wildman–Crippen MR) is 73.1 cm³/mol. The van der Waals surface area contributed by atoms with Gasteiger partial charge in [0.15, 0.2) is 16.6 Å². The summed E-state index contributed by atoms with van der Waals surface area (Å²) in [4.78, 5) is 0. The fourth-order valence-electron chi connectivity index (χ4n) is 1.21. The Morgan fingerprint density at radius 1 is 1.56 bits per heavy atom. The molecule has 0 bridgehead atoms. The molecule has 0 radical (unpaired) electrons. The number of aliphatic hydroxyl groups is 1. The normalized spacial score (nSPS) is 10.3. The summed E-state index contributed by atoms with van der Waals surface area (Å²) in [6.07, 6.45) is 1.55. The fourth-order valence-corrected chi connectivity index (χ4v) is 1.26. The van der Waals surface area contributed by atoms with Crippen LogP contribution in [-0.4, -0.2) is 36.8 Å². The second-order valence-corrected chi connectivity index (χ2v) is 3.66. The Morgan fingerprint density at radius 3 is 2.94 bits per heavy atom. The molecule has 0 aliphatic rings. The molecule has 0 heterocycles. The lowest BCUT2D eigenvalue weighted by Crippen LogP contribution is -2.23. The molecule has 1 aromatic carbocycles. The lowest BCUT2D eigenvalue weighted by molar-refractivity contribution is 0.196. The molecular formula is C11H15N3O3S. The Hall–Kier alpha value is -1.86. The second-order valence-electron chi connectivity index (χ2n) is 3.22. The first-order valence-electron chi connectivity index (χ1n) is 5.17. The summed E-state index contributed by atoms with van der Waals surface area (Å²) >= 11 is 4.61. The van der Waals surface area contributed by atoms with Crippen LogP contribution in [0.3, 0.4) is 0 Å². The molecule has 1 rings (SSSR count). The molecule has 0 saturated heterocycles. The van der Waals surface area contributed by atoms with Gasteiger partial charge in [0.05, 0.1) is 19.9 Å². The van der Waals surface area contributed by atoms with Crippen molar-refractivity contribution in [2.75, 3.05) is 20.3 Å². The van der Waals surface area contributed by atoms with Crippen LogP contribution >= 0.6 is 12.2 Å². The first-order valence-corrected chi connectivity index (χ1v) is 5.58. The van der Waals surface area contributed by atoms with Crippen LogP contribution in [0.2, 0.25) is 0 Å². The number of methoxy groups -OCH3 is 1. The lowest BCUT2D eigenvalue weighted by Gasteiger charge is -2.10. The Kier molecular flexibility index (Phi) is 5.89. The zero-order chi connectivity index (χ0) is 13.4. The van der Waals surface area contributed by atoms with Crippen molar-refractivity contribution in [2.24, 2.45) is 10.8 Å². The van der Waals surface area contributed by atoms with Gasteiger partial charge in [-0.3, -0.25) is 5.43 Å². The Morgan fingerprint density at radius 2 is 2.33 bits per heavy atom. The van der Waals surface area contributed by atoms with Crippen LogP contribution in [0.1, 0.15) is 5.56 Å². The number of hydrazone groups is 1. The molecule has 0 amide bonds. The third-order valence-electron chi connectivity index (χ3n) is 1.92. The third-order valence-corrected chi connectivity index (χ3v) is 2.02. The molecular weight excluding hydrogens is 254 g/mol. The smallest absolute Gasteiger partial charge is 0.184 e. The first-order chi connectivity index (χ1) is 8.67. The highest BCUT2D eigenvalue weighted by molar-refractivity contribution is 7.80. The standard InChI is InChI=1S/C11H15N3O3S/c1-16-10-6-8(7-13-14-11(12)18)2-3-9(10)17-5-4-15/h2-3,6-7,15H,4-5H2,1H3,(H3,12,14,18). The monoisotopic (exact) mass is 269 g/mol. The SMILES string of the molecule is COc1cc(C=NNC(N)=S)ccc1OCCO. The Balaban J connectivity index is 2.77. The zero-order valence-electron chi connectivity index (χ0n) is 9.92. The molecule has 6 nitrogen and oxygen atoms in total. The number of hydrogen-bond donors (Lipinski definition) is 3. The van der Waals surface area contributed by atoms with E-state index < -0.39 is 0 Å². The van der Waals surface area contributed by atoms with Gasteiger partial charge in [-0.15, -0.1) is 0 Å². The van der Waals surface area contributed by atoms with Gasteiger partial charge in [-0.1, -0.05) is 0 Å². The van der Waals surface area contributed by atoms with E-state index in [1.54, 1.807) is 24.4 Å². The molecule has 0 fully saturated rings. The molecule has 0 aliphatic heterocycles. The summed E-state index contributed by atoms with van der Waals surface area (Å²) in [5.41, 5.74) is 8.48. The lowest BCUT2D eigenvalue weighted by atomic mass is 10.2. The summed E-state index contributed by atoms with van der Waals surface area (Å²) in [7, 11) is 1.54. The molecule has 1 aromatic rings. The zero-order valence-corrected chi connectivity index (χ0v) is 10.7. The average molecular weight is 269 g/mol. The third kappa shape index (κ3) is 4.56. The summed E-state index contributed by atoms with van der Waals surface area (Å²) in [5.74, 6) is 1.12. The van der Waals surface area contributed by atoms with Gasteiger partial charge in [-0.2, -0.15) is 5.10 Å². The molecule has 0 aliphatic carbocycles. The van der Waals surface area contributed by atoms with E-state index >= 15 is 0 Å². The topological polar surface area (TPSA) is 89.1 Å². The van der Waals surface area contributed by atoms with Gasteiger partial charge < -0.3 is 20.3 Å². The largest absolute Gasteiger partial charge is 0.493 e. The summed E-state index contributed by atoms with van der Waals surface area (Å²) in [5, 5.41) is 12.6. The minimum absolute atomic E-state index is 0.0514. The minimum Gasteiger partial charge on any atom is -0.493 e. The Labute approximate surface area is 110 Å². The summed E-state index contributed by atoms with van der Waals surface area (Å²) in [6.45, 7) is 0.164. The van der Waals surface area contributed by atoms with Crippen LogP contribution in [0.25, 0.3) is 0 Å². The van der Waals surface area contributed by atoms with Gasteiger partial charge in [0.1, 0.15) is 6.61 Å². The molecule has 98 valence electrons. The van der Waals surface area contributed by atoms with Crippen molar-refractivity contribution in [2.45, 2.75) is 0 Å². The molecule has 4 N–H and O–H groups in total. The van der Waals surface area contributed by atoms with Crippen molar-refractivity contribution >= 4 is 23.5 Å². The molecule has 0 saturated carbocycles. The number of nitrogens with zero attached hydrogens (tertiary/aromatic N) is 1. The first kappa shape index (κ1) is 14.2. The van der Waals surface area contributed by atoms with Gasteiger partial charge in [-0.25, -0.2) is 0 Å². The number of thiocarbonyl (C=S) groups is 1. The quantitative estimate of drug-likeness (QED) is 0.389. The van der Waals surface area contributed by atoms with Gasteiger partial charge in [-0.05, 0) is 36.0 Å². The van der Waals surface area contributed by atoms with Crippen LogP contribution in [0, 0.1) is 0 Å². The van der Waals surface area contributed by atoms with E-state index in [9.17, 15) is 0 Å². The van der Waals surface area contributed by atoms with Crippen LogP contribution in [0.15, 0.2) is 23.3 Å². The highest BCUT2D eigenvalue weighted by Gasteiger charge is 2.04. The van der Waals surface area contributed by atoms with E-state index in [1.165, 1.54) is 7.11 Å². The van der Waals surface area contributed by atoms with Gasteiger partial charge >= 0.3 is 0 Å². The number of nitrogens with one attached hydrogen (secondary N) is 1. The van der Waals surface area contributed by atoms with Gasteiger partial charge in [0, 0.05) is 0 Å². The molecule has 18 heavy (non-hydrogen) atoms. The van der Waals surface area contributed by atoms with Crippen LogP contribution in [0.5, 0.6) is 11.5 Å². The number of benzene rings is 1. The fraction of sp³-hybridized carbons (Fsp3) is 0.273. The Bertz CT molecular complexity index is 438. The molecule has 0 atom stereocenters. The van der Waals surface area contributed by atoms with Crippen molar-refractivity contribution in [1.29, 1.82) is 0 Å². The van der Waals surface area contributed by atoms with Gasteiger partial charge in [0.2, 0.25) is 0 Å². The van der Waals surface area contributed by atoms with Crippen molar-refractivity contribution in [3.8, 4) is 11.5 Å². The highest BCUT2D eigenvalue weighted by atomic mass is 32.1. The maximum absolute atomic E-state index is 8.69. The highest BCUT2D eigenvalue weighted by Crippen LogP contribution is 2.27. The summed E-state index contributed by atoms with van der Waals surface area (Å²) < 4.78 is 10.5. The number of rotatable bonds is 6. The average Bonchev–Trinajstić information content (AvgIpc) is 2.36. The van der Waals surface area contributed by atoms with Crippen LogP contribution < -0.4 is 20.6 Å². The molecule has 0 spiro atoms. The van der Waals surface area contributed by atoms with E-state index in [4.69, 9.17) is 20.3 Å². The van der Waals surface area contributed by atoms with E-state index in [1.807, 2.05) is 0 Å². The summed E-state index contributed by atoms with van der Waals surface area (Å²) in [6, 6.07) is 5.27. The van der Waals surface area contributed by atoms with E-state index in [0.29, 0.717) is 11.5 Å². The number of nitrogens with two attached hydrogens (primary N) is 1. The predicted octanol–water partition coefficient (Wildman–Crippen LogP) is 0.233.